The number of ether oxygens (including phenoxy) is 2. The number of aryl methyl sites for hydroxylation is 2. The summed E-state index contributed by atoms with van der Waals surface area (Å²) in [7, 11) is -33.2. The first-order chi connectivity index (χ1) is 56.0. The lowest BCUT2D eigenvalue weighted by Crippen LogP contribution is -2.46. The highest BCUT2D eigenvalue weighted by atomic mass is 31.3. The number of nitrogens with one attached hydrogen (secondary N) is 4. The Hall–Kier alpha value is -6.36. The van der Waals surface area contributed by atoms with E-state index >= 15 is 0 Å². The number of nitrogens with zero attached hydrogens (tertiary/aromatic N) is 8. The Morgan fingerprint density at radius 2 is 0.851 bits per heavy atom. The largest absolute Gasteiger partial charge is 0.481 e. The first-order valence-corrected chi connectivity index (χ1v) is 46.9. The molecule has 0 radical (unpaired) electrons. The summed E-state index contributed by atoms with van der Waals surface area (Å²) < 4.78 is 126. The number of imidazole rings is 2. The lowest BCUT2D eigenvalue weighted by atomic mass is 9.81. The summed E-state index contributed by atoms with van der Waals surface area (Å²) >= 11 is 0. The maximum atomic E-state index is 13.1. The lowest BCUT2D eigenvalue weighted by Gasteiger charge is -2.30. The van der Waals surface area contributed by atoms with Gasteiger partial charge in [0.05, 0.1) is 39.1 Å². The predicted octanol–water partition coefficient (Wildman–Crippen LogP) is 3.01. The van der Waals surface area contributed by atoms with E-state index in [9.17, 15) is 116 Å². The van der Waals surface area contributed by atoms with E-state index in [1.54, 1.807) is 0 Å². The number of Topliss-reactive ketones (excluding diaryl/α,β-unsaturated/α-hetero) is 2. The topological polar surface area (TPSA) is 727 Å². The average Bonchev–Trinajstić information content (AvgIpc) is 1.62. The zero-order valence-electron chi connectivity index (χ0n) is 67.6. The average molecular weight is 1840 g/mol. The van der Waals surface area contributed by atoms with Gasteiger partial charge < -0.3 is 102 Å². The standard InChI is InChI=1S/C67H108N14O34P6/c1-39-40(15-10-12-23-64(2,3)29-42(82)19-25-70-46(84)21-27-72-60(90)54(88)66(6,7)33-108-120(102,103)114-118(98,99)106-31-44-52(112-116(92,93)94)50(86)62(110-44)80-37-78-48-56(68)74-35-76-58(48)80)17-14-18-41(39)16-11-13-24-65(4,5)30-43(83)20-26-71-47(85)22-28-73-61(91)55(89)67(8,9)34-109-121(104,105)115-119(100,101)107-32-45-53(113-117(95,96)97)51(87)63(111-45)81-38-79-49-57(69)75-36-77-59(49)81/h14,17-18,35-38,44-45,50-55,62-63,86-89H,10-13,15-16,19-34H2,1-9H3,(H,70,84)(H,71,85)(H,72,90)(H,73,91)(H,98,99)(H,100,101)(H,102,103)(H,104,105)(H2,68,74,76)(H2,69,75,77)(H2,92,93,94)(H2,95,96,97). The van der Waals surface area contributed by atoms with Gasteiger partial charge in [-0.15, -0.1) is 0 Å². The fraction of sp³-hybridized carbons (Fsp3) is 0.672. The highest BCUT2D eigenvalue weighted by Gasteiger charge is 2.53. The molecule has 2 aliphatic heterocycles. The van der Waals surface area contributed by atoms with Crippen LogP contribution >= 0.6 is 46.9 Å². The van der Waals surface area contributed by atoms with Crippen molar-refractivity contribution in [3.05, 3.63) is 60.2 Å². The van der Waals surface area contributed by atoms with Gasteiger partial charge in [-0.2, -0.15) is 8.62 Å². The van der Waals surface area contributed by atoms with Crippen molar-refractivity contribution in [1.29, 1.82) is 0 Å². The normalized spacial score (nSPS) is 21.4. The molecule has 0 aliphatic carbocycles. The molecule has 5 aromatic rings. The molecule has 54 heteroatoms. The zero-order valence-corrected chi connectivity index (χ0v) is 73.0. The number of phosphoric ester groups is 6. The molecule has 4 aromatic heterocycles. The van der Waals surface area contributed by atoms with Crippen LogP contribution in [0.2, 0.25) is 0 Å². The number of aliphatic hydroxyl groups is 4. The van der Waals surface area contributed by atoms with Crippen LogP contribution in [0.25, 0.3) is 22.3 Å². The summed E-state index contributed by atoms with van der Waals surface area (Å²) in [6.07, 6.45) is -7.21. The minimum absolute atomic E-state index is 0.00540. The molecule has 121 heavy (non-hydrogen) atoms. The molecule has 14 unspecified atom stereocenters. The second-order valence-corrected chi connectivity index (χ2v) is 40.5. The Kier molecular flexibility index (Phi) is 35.9. The maximum absolute atomic E-state index is 13.1. The number of amides is 4. The molecular weight excluding hydrogens is 1730 g/mol. The number of fused-ring (bicyclic) bond motifs is 2. The number of anilines is 2. The van der Waals surface area contributed by atoms with Crippen LogP contribution in [-0.4, -0.2) is 235 Å². The van der Waals surface area contributed by atoms with Gasteiger partial charge in [0.1, 0.15) is 84.1 Å². The number of unbranched alkanes of at least 4 members (excludes halogenated alkanes) is 2. The number of aliphatic hydroxyl groups excluding tert-OH is 4. The van der Waals surface area contributed by atoms with Gasteiger partial charge in [-0.25, -0.2) is 57.3 Å². The van der Waals surface area contributed by atoms with E-state index < -0.39 is 169 Å². The van der Waals surface area contributed by atoms with Gasteiger partial charge in [-0.05, 0) is 73.0 Å². The van der Waals surface area contributed by atoms with Crippen LogP contribution < -0.4 is 32.7 Å². The number of aromatic nitrogens is 8. The molecule has 0 bridgehead atoms. The van der Waals surface area contributed by atoms with Gasteiger partial charge >= 0.3 is 46.9 Å². The van der Waals surface area contributed by atoms with Crippen molar-refractivity contribution in [3.8, 4) is 0 Å². The second kappa shape index (κ2) is 42.8. The van der Waals surface area contributed by atoms with Gasteiger partial charge in [0, 0.05) is 75.5 Å². The Labute approximate surface area is 693 Å². The molecule has 1 aromatic carbocycles. The SMILES string of the molecule is Cc1c(CCCCC(C)(C)CC(=O)CCNC(=O)CCNC(=O)C(O)C(C)(C)COP(=O)(O)OP(=O)(O)OCC2OC(n3cnc4c(N)ncnc43)C(O)C2OP(=O)(O)O)cccc1CCCCC(C)(C)CC(=O)CCNC(=O)CCNC(=O)C(O)C(C)(C)COP(=O)(O)OP(=O)(O)OCC1OC(n2cnc3c(N)ncnc32)C(O)C1OP(=O)(O)O. The lowest BCUT2D eigenvalue weighted by molar-refractivity contribution is -0.137. The van der Waals surface area contributed by atoms with Gasteiger partial charge in [0.15, 0.2) is 35.4 Å². The maximum Gasteiger partial charge on any atom is 0.481 e. The Bertz CT molecular complexity index is 4450. The Balaban J connectivity index is 0.703. The molecule has 4 amide bonds. The smallest absolute Gasteiger partial charge is 0.386 e. The van der Waals surface area contributed by atoms with E-state index in [1.165, 1.54) is 44.4 Å². The minimum Gasteiger partial charge on any atom is -0.386 e. The van der Waals surface area contributed by atoms with Crippen LogP contribution in [0, 0.1) is 28.6 Å². The molecule has 48 nitrogen and oxygen atoms in total. The Morgan fingerprint density at radius 3 is 1.21 bits per heavy atom. The van der Waals surface area contributed by atoms with Crippen LogP contribution in [0.1, 0.15) is 162 Å². The van der Waals surface area contributed by atoms with E-state index in [1.807, 2.05) is 33.8 Å². The van der Waals surface area contributed by atoms with Crippen LogP contribution in [0.3, 0.4) is 0 Å². The third-order valence-electron chi connectivity index (χ3n) is 19.6. The zero-order chi connectivity index (χ0) is 90.2. The molecule has 0 spiro atoms. The number of rotatable bonds is 52. The molecule has 7 rings (SSSR count). The van der Waals surface area contributed by atoms with Crippen molar-refractivity contribution in [2.45, 2.75) is 213 Å². The van der Waals surface area contributed by atoms with Crippen LogP contribution in [-0.2, 0) is 114 Å². The molecule has 20 N–H and O–H groups in total. The number of ketones is 2. The fourth-order valence-electron chi connectivity index (χ4n) is 13.1. The third kappa shape index (κ3) is 31.6. The van der Waals surface area contributed by atoms with Crippen LogP contribution in [0.4, 0.5) is 11.6 Å². The van der Waals surface area contributed by atoms with Gasteiger partial charge in [-0.1, -0.05) is 86.4 Å². The van der Waals surface area contributed by atoms with Gasteiger partial charge in [-0.3, -0.25) is 65.0 Å². The van der Waals surface area contributed by atoms with E-state index in [-0.39, 0.29) is 121 Å². The summed E-state index contributed by atoms with van der Waals surface area (Å²) in [5.41, 5.74) is 11.4. The molecule has 2 saturated heterocycles. The van der Waals surface area contributed by atoms with E-state index in [0.717, 1.165) is 85.8 Å². The summed E-state index contributed by atoms with van der Waals surface area (Å²) in [5, 5.41) is 53.6. The predicted molar refractivity (Wildman–Crippen MR) is 422 cm³/mol. The van der Waals surface area contributed by atoms with Crippen LogP contribution in [0.15, 0.2) is 43.5 Å². The van der Waals surface area contributed by atoms with Crippen molar-refractivity contribution >= 4 is 116 Å². The van der Waals surface area contributed by atoms with Gasteiger partial charge in [0.2, 0.25) is 23.6 Å². The monoisotopic (exact) mass is 1840 g/mol. The van der Waals surface area contributed by atoms with E-state index in [0.29, 0.717) is 0 Å². The Morgan fingerprint density at radius 1 is 0.504 bits per heavy atom. The van der Waals surface area contributed by atoms with Crippen molar-refractivity contribution in [3.63, 3.8) is 0 Å². The number of nitrogen functional groups attached to an aromatic ring is 2. The minimum atomic E-state index is -5.64. The highest BCUT2D eigenvalue weighted by molar-refractivity contribution is 7.61. The van der Waals surface area contributed by atoms with E-state index in [4.69, 9.17) is 39.0 Å². The van der Waals surface area contributed by atoms with Crippen LogP contribution in [0.5, 0.6) is 0 Å². The number of carbonyl (C=O) groups excluding carboxylic acids is 6. The first kappa shape index (κ1) is 102. The number of carbonyl (C=O) groups is 6. The second-order valence-electron chi connectivity index (χ2n) is 32.0. The fourth-order valence-corrected chi connectivity index (χ4v) is 18.8. The molecule has 2 fully saturated rings. The number of hydrogen-bond acceptors (Lipinski definition) is 34. The summed E-state index contributed by atoms with van der Waals surface area (Å²) in [4.78, 5) is 180. The number of phosphoric acid groups is 6. The number of hydrogen-bond donors (Lipinski definition) is 18. The van der Waals surface area contributed by atoms with Gasteiger partial charge in [0.25, 0.3) is 0 Å². The molecule has 0 saturated carbocycles. The third-order valence-corrected chi connectivity index (χ3v) is 25.8. The summed E-state index contributed by atoms with van der Waals surface area (Å²) in [5.74, 6) is -3.34. The number of nitrogens with two attached hydrogens (primary N) is 2. The van der Waals surface area contributed by atoms with Crippen molar-refractivity contribution in [2.75, 3.05) is 64.1 Å². The molecule has 6 heterocycles. The number of benzene rings is 1. The molecule has 680 valence electrons. The highest BCUT2D eigenvalue weighted by Crippen LogP contribution is 2.63. The summed E-state index contributed by atoms with van der Waals surface area (Å²) in [6.45, 7) is 10.3. The molecular formula is C67H108N14O34P6. The van der Waals surface area contributed by atoms with E-state index in [2.05, 4.69) is 87.9 Å². The molecule has 14 atom stereocenters. The summed E-state index contributed by atoms with van der Waals surface area (Å²) in [6, 6.07) is 6.25. The van der Waals surface area contributed by atoms with Crippen molar-refractivity contribution in [1.82, 2.24) is 60.3 Å². The van der Waals surface area contributed by atoms with Crippen molar-refractivity contribution in [2.24, 2.45) is 21.7 Å². The van der Waals surface area contributed by atoms with Crippen molar-refractivity contribution < 1.29 is 161 Å². The molecule has 2 aliphatic rings. The quantitative estimate of drug-likeness (QED) is 0.0196. The first-order valence-electron chi connectivity index (χ1n) is 37.9.